The first-order valence-electron chi connectivity index (χ1n) is 11.7. The summed E-state index contributed by atoms with van der Waals surface area (Å²) in [6, 6.07) is 6.71. The Morgan fingerprint density at radius 1 is 1.18 bits per heavy atom. The van der Waals surface area contributed by atoms with Crippen molar-refractivity contribution in [3.8, 4) is 5.75 Å². The van der Waals surface area contributed by atoms with Gasteiger partial charge in [0.2, 0.25) is 5.16 Å². The molecular weight excluding hydrogens is 452 g/mol. The fraction of sp³-hybridized carbons (Fsp3) is 0.625. The van der Waals surface area contributed by atoms with Gasteiger partial charge in [-0.2, -0.15) is 0 Å². The maximum Gasteiger partial charge on any atom is 0.415 e. The third kappa shape index (κ3) is 7.72. The Kier molecular flexibility index (Phi) is 8.22. The van der Waals surface area contributed by atoms with Gasteiger partial charge in [-0.1, -0.05) is 39.5 Å². The first-order valence-corrected chi connectivity index (χ1v) is 12.6. The number of nitrogens with zero attached hydrogens (tertiary/aromatic N) is 4. The highest BCUT2D eigenvalue weighted by Gasteiger charge is 2.29. The van der Waals surface area contributed by atoms with E-state index in [1.165, 1.54) is 0 Å². The number of nitrogens with one attached hydrogen (secondary N) is 2. The van der Waals surface area contributed by atoms with Gasteiger partial charge in [-0.3, -0.25) is 4.79 Å². The zero-order chi connectivity index (χ0) is 24.9. The van der Waals surface area contributed by atoms with Crippen molar-refractivity contribution in [2.24, 2.45) is 11.3 Å². The minimum Gasteiger partial charge on any atom is -0.410 e. The van der Waals surface area contributed by atoms with E-state index in [2.05, 4.69) is 53.6 Å². The highest BCUT2D eigenvalue weighted by molar-refractivity contribution is 7.99. The minimum absolute atomic E-state index is 0.106. The maximum atomic E-state index is 12.7. The number of tetrazole rings is 1. The van der Waals surface area contributed by atoms with Crippen molar-refractivity contribution in [1.82, 2.24) is 30.8 Å². The van der Waals surface area contributed by atoms with Crippen LogP contribution in [-0.2, 0) is 0 Å². The van der Waals surface area contributed by atoms with Crippen LogP contribution in [0.25, 0.3) is 0 Å². The lowest BCUT2D eigenvalue weighted by atomic mass is 9.81. The molecule has 9 nitrogen and oxygen atoms in total. The summed E-state index contributed by atoms with van der Waals surface area (Å²) >= 11 is 1.62. The van der Waals surface area contributed by atoms with E-state index in [1.807, 2.05) is 13.8 Å². The van der Waals surface area contributed by atoms with Crippen LogP contribution in [-0.4, -0.2) is 61.4 Å². The van der Waals surface area contributed by atoms with Gasteiger partial charge in [-0.05, 0) is 79.1 Å². The van der Waals surface area contributed by atoms with E-state index < -0.39 is 0 Å². The van der Waals surface area contributed by atoms with Gasteiger partial charge in [0.15, 0.2) is 0 Å². The van der Waals surface area contributed by atoms with Gasteiger partial charge in [-0.25, -0.2) is 9.89 Å². The molecule has 1 aromatic heterocycles. The molecule has 1 unspecified atom stereocenters. The van der Waals surface area contributed by atoms with Gasteiger partial charge >= 0.3 is 6.09 Å². The number of H-pyrrole nitrogens is 1. The molecule has 0 spiro atoms. The molecule has 3 rings (SSSR count). The first-order chi connectivity index (χ1) is 15.9. The molecule has 0 saturated carbocycles. The van der Waals surface area contributed by atoms with Crippen molar-refractivity contribution in [2.75, 3.05) is 13.1 Å². The summed E-state index contributed by atoms with van der Waals surface area (Å²) in [5.41, 5.74) is 0.319. The van der Waals surface area contributed by atoms with Crippen LogP contribution in [0.15, 0.2) is 29.4 Å². The van der Waals surface area contributed by atoms with Gasteiger partial charge in [0.1, 0.15) is 5.75 Å². The summed E-state index contributed by atoms with van der Waals surface area (Å²) in [7, 11) is 0. The topological polar surface area (TPSA) is 113 Å². The summed E-state index contributed by atoms with van der Waals surface area (Å²) in [5, 5.41) is 18.1. The Labute approximate surface area is 205 Å². The fourth-order valence-electron chi connectivity index (χ4n) is 4.61. The molecule has 1 aromatic carbocycles. The largest absolute Gasteiger partial charge is 0.415 e. The van der Waals surface area contributed by atoms with Crippen LogP contribution in [0.3, 0.4) is 0 Å². The second-order valence-electron chi connectivity index (χ2n) is 10.8. The van der Waals surface area contributed by atoms with E-state index in [9.17, 15) is 9.59 Å². The fourth-order valence-corrected chi connectivity index (χ4v) is 5.61. The molecule has 10 heteroatoms. The average molecular weight is 489 g/mol. The number of ether oxygens (including phenoxy) is 1. The molecular formula is C24H36N6O3S. The number of amides is 2. The quantitative estimate of drug-likeness (QED) is 0.550. The highest BCUT2D eigenvalue weighted by Crippen LogP contribution is 2.31. The molecule has 2 N–H and O–H groups in total. The molecule has 1 fully saturated rings. The normalized spacial score (nSPS) is 16.2. The second kappa shape index (κ2) is 10.8. The smallest absolute Gasteiger partial charge is 0.410 e. The Bertz CT molecular complexity index is 948. The molecule has 1 aliphatic rings. The van der Waals surface area contributed by atoms with Crippen molar-refractivity contribution in [2.45, 2.75) is 76.8 Å². The molecule has 1 atom stereocenters. The molecule has 0 radical (unpaired) electrons. The Balaban J connectivity index is 1.47. The number of carbonyl (C=O) groups is 2. The summed E-state index contributed by atoms with van der Waals surface area (Å²) in [4.78, 5) is 27.0. The number of hydrogen-bond acceptors (Lipinski definition) is 7. The number of carbonyl (C=O) groups excluding carboxylic acids is 2. The van der Waals surface area contributed by atoms with Crippen molar-refractivity contribution in [1.29, 1.82) is 0 Å². The molecule has 2 heterocycles. The van der Waals surface area contributed by atoms with Crippen LogP contribution >= 0.6 is 11.8 Å². The van der Waals surface area contributed by atoms with E-state index in [4.69, 9.17) is 4.74 Å². The van der Waals surface area contributed by atoms with Crippen LogP contribution < -0.4 is 10.1 Å². The summed E-state index contributed by atoms with van der Waals surface area (Å²) in [6.45, 7) is 14.0. The molecule has 1 saturated heterocycles. The third-order valence-corrected chi connectivity index (χ3v) is 6.98. The zero-order valence-corrected chi connectivity index (χ0v) is 21.7. The number of likely N-dealkylation sites (tertiary alicyclic amines) is 1. The van der Waals surface area contributed by atoms with Crippen molar-refractivity contribution >= 4 is 23.8 Å². The third-order valence-electron chi connectivity index (χ3n) is 5.83. The van der Waals surface area contributed by atoms with Crippen LogP contribution in [0.2, 0.25) is 0 Å². The summed E-state index contributed by atoms with van der Waals surface area (Å²) in [6.07, 6.45) is 2.29. The number of aromatic amines is 1. The molecule has 2 amide bonds. The monoisotopic (exact) mass is 488 g/mol. The average Bonchev–Trinajstić information content (AvgIpc) is 3.25. The van der Waals surface area contributed by atoms with Crippen molar-refractivity contribution in [3.63, 3.8) is 0 Å². The Morgan fingerprint density at radius 2 is 1.82 bits per heavy atom. The lowest BCUT2D eigenvalue weighted by Gasteiger charge is -2.33. The number of aromatic nitrogens is 4. The van der Waals surface area contributed by atoms with Crippen LogP contribution in [0.1, 0.15) is 71.2 Å². The summed E-state index contributed by atoms with van der Waals surface area (Å²) < 4.78 is 5.55. The summed E-state index contributed by atoms with van der Waals surface area (Å²) in [5.74, 6) is 0.765. The molecule has 186 valence electrons. The molecule has 1 aliphatic heterocycles. The minimum atomic E-state index is -0.360. The predicted octanol–water partition coefficient (Wildman–Crippen LogP) is 4.54. The van der Waals surface area contributed by atoms with Crippen LogP contribution in [0.4, 0.5) is 4.79 Å². The molecule has 0 aliphatic carbocycles. The Hall–Kier alpha value is -2.62. The number of rotatable bonds is 7. The van der Waals surface area contributed by atoms with Gasteiger partial charge in [-0.15, -0.1) is 5.10 Å². The Morgan fingerprint density at radius 3 is 2.38 bits per heavy atom. The van der Waals surface area contributed by atoms with E-state index in [0.717, 1.165) is 19.3 Å². The van der Waals surface area contributed by atoms with Crippen LogP contribution in [0, 0.1) is 11.3 Å². The predicted molar refractivity (Wildman–Crippen MR) is 132 cm³/mol. The number of thioether (sulfide) groups is 1. The van der Waals surface area contributed by atoms with Gasteiger partial charge in [0, 0.05) is 29.4 Å². The first kappa shape index (κ1) is 26.0. The van der Waals surface area contributed by atoms with Crippen molar-refractivity contribution in [3.05, 3.63) is 29.8 Å². The van der Waals surface area contributed by atoms with Crippen LogP contribution in [0.5, 0.6) is 5.75 Å². The lowest BCUT2D eigenvalue weighted by molar-refractivity contribution is 0.0891. The molecule has 34 heavy (non-hydrogen) atoms. The molecule has 2 aromatic rings. The zero-order valence-electron chi connectivity index (χ0n) is 20.9. The number of hydrogen-bond donors (Lipinski definition) is 2. The second-order valence-corrected chi connectivity index (χ2v) is 12.2. The van der Waals surface area contributed by atoms with Gasteiger partial charge < -0.3 is 15.0 Å². The van der Waals surface area contributed by atoms with E-state index in [-0.39, 0.29) is 23.0 Å². The van der Waals surface area contributed by atoms with Gasteiger partial charge in [0.25, 0.3) is 5.91 Å². The van der Waals surface area contributed by atoms with Crippen molar-refractivity contribution < 1.29 is 14.3 Å². The van der Waals surface area contributed by atoms with E-state index >= 15 is 0 Å². The highest BCUT2D eigenvalue weighted by atomic mass is 32.2. The number of piperidine rings is 1. The standard InChI is InChI=1S/C24H36N6O3S/c1-16(34-21-26-28-29-27-21)17-11-13-30(14-12-17)22(32)33-19-9-7-18(8-10-19)20(31)25-24(5,6)15-23(2,3)4/h7-10,16-17H,11-15H2,1-6H3,(H,25,31)(H,26,27,28,29). The molecule has 0 bridgehead atoms. The lowest BCUT2D eigenvalue weighted by Crippen LogP contribution is -2.45. The van der Waals surface area contributed by atoms with E-state index in [1.54, 1.807) is 40.9 Å². The SMILES string of the molecule is CC(Sc1nnn[nH]1)C1CCN(C(=O)Oc2ccc(C(=O)NC(C)(C)CC(C)(C)C)cc2)CC1. The number of benzene rings is 1. The maximum absolute atomic E-state index is 12.7. The van der Waals surface area contributed by atoms with Gasteiger partial charge in [0.05, 0.1) is 0 Å². The van der Waals surface area contributed by atoms with E-state index in [0.29, 0.717) is 40.7 Å².